The highest BCUT2D eigenvalue weighted by Crippen LogP contribution is 2.25. The molecule has 1 aromatic heterocycles. The highest BCUT2D eigenvalue weighted by atomic mass is 32.1. The van der Waals surface area contributed by atoms with E-state index in [4.69, 9.17) is 5.73 Å². The van der Waals surface area contributed by atoms with E-state index in [9.17, 15) is 0 Å². The van der Waals surface area contributed by atoms with Gasteiger partial charge in [-0.3, -0.25) is 0 Å². The number of hydrogen-bond donors (Lipinski definition) is 1. The van der Waals surface area contributed by atoms with Crippen LogP contribution < -0.4 is 5.73 Å². The Morgan fingerprint density at radius 2 is 2.15 bits per heavy atom. The number of nitrogens with zero attached hydrogens (tertiary/aromatic N) is 1. The molecule has 1 rings (SSSR count). The van der Waals surface area contributed by atoms with Crippen molar-refractivity contribution in [2.24, 2.45) is 5.73 Å². The van der Waals surface area contributed by atoms with Gasteiger partial charge in [0.2, 0.25) is 0 Å². The molecule has 1 aromatic rings. The molecule has 0 amide bonds. The molecule has 2 nitrogen and oxygen atoms in total. The molecule has 13 heavy (non-hydrogen) atoms. The van der Waals surface area contributed by atoms with Crippen molar-refractivity contribution in [2.45, 2.75) is 46.1 Å². The topological polar surface area (TPSA) is 38.9 Å². The lowest BCUT2D eigenvalue weighted by Crippen LogP contribution is -1.98. The fourth-order valence-electron chi connectivity index (χ4n) is 1.24. The first kappa shape index (κ1) is 10.7. The lowest BCUT2D eigenvalue weighted by molar-refractivity contribution is 0.816. The van der Waals surface area contributed by atoms with Gasteiger partial charge in [-0.15, -0.1) is 11.3 Å². The van der Waals surface area contributed by atoms with Crippen molar-refractivity contribution >= 4 is 11.3 Å². The molecule has 0 atom stereocenters. The number of aryl methyl sites for hydroxylation is 1. The third kappa shape index (κ3) is 2.51. The molecular formula is C10H18N2S. The number of thiazole rings is 1. The third-order valence-corrected chi connectivity index (χ3v) is 3.38. The summed E-state index contributed by atoms with van der Waals surface area (Å²) in [5.41, 5.74) is 6.89. The first-order valence-corrected chi connectivity index (χ1v) is 5.69. The second kappa shape index (κ2) is 4.72. The summed E-state index contributed by atoms with van der Waals surface area (Å²) < 4.78 is 0. The molecule has 0 radical (unpaired) electrons. The van der Waals surface area contributed by atoms with E-state index in [2.05, 4.69) is 25.8 Å². The van der Waals surface area contributed by atoms with Crippen molar-refractivity contribution in [1.82, 2.24) is 4.98 Å². The summed E-state index contributed by atoms with van der Waals surface area (Å²) in [6.45, 7) is 7.16. The molecule has 0 bridgehead atoms. The van der Waals surface area contributed by atoms with Gasteiger partial charge >= 0.3 is 0 Å². The van der Waals surface area contributed by atoms with E-state index >= 15 is 0 Å². The van der Waals surface area contributed by atoms with Crippen molar-refractivity contribution < 1.29 is 0 Å². The molecule has 0 aliphatic rings. The maximum Gasteiger partial charge on any atom is 0.0957 e. The van der Waals surface area contributed by atoms with E-state index in [1.54, 1.807) is 11.3 Å². The van der Waals surface area contributed by atoms with Crippen LogP contribution in [0.25, 0.3) is 0 Å². The van der Waals surface area contributed by atoms with Gasteiger partial charge in [0.25, 0.3) is 0 Å². The minimum absolute atomic E-state index is 0.529. The molecule has 74 valence electrons. The minimum Gasteiger partial charge on any atom is -0.326 e. The molecule has 0 unspecified atom stereocenters. The van der Waals surface area contributed by atoms with E-state index in [0.717, 1.165) is 12.8 Å². The van der Waals surface area contributed by atoms with Crippen LogP contribution in [0.3, 0.4) is 0 Å². The number of hydrogen-bond acceptors (Lipinski definition) is 3. The normalized spacial score (nSPS) is 11.2. The fraction of sp³-hybridized carbons (Fsp3) is 0.700. The highest BCUT2D eigenvalue weighted by molar-refractivity contribution is 7.11. The second-order valence-corrected chi connectivity index (χ2v) is 4.65. The van der Waals surface area contributed by atoms with Gasteiger partial charge in [-0.25, -0.2) is 4.98 Å². The summed E-state index contributed by atoms with van der Waals surface area (Å²) in [6, 6.07) is 0. The van der Waals surface area contributed by atoms with Crippen molar-refractivity contribution in [1.29, 1.82) is 0 Å². The zero-order valence-electron chi connectivity index (χ0n) is 8.63. The van der Waals surface area contributed by atoms with E-state index in [1.807, 2.05) is 0 Å². The summed E-state index contributed by atoms with van der Waals surface area (Å²) in [7, 11) is 0. The van der Waals surface area contributed by atoms with Crippen molar-refractivity contribution in [3.8, 4) is 0 Å². The molecule has 1 heterocycles. The molecular weight excluding hydrogens is 180 g/mol. The van der Waals surface area contributed by atoms with Crippen LogP contribution in [0.4, 0.5) is 0 Å². The van der Waals surface area contributed by atoms with Crippen LogP contribution >= 0.6 is 11.3 Å². The van der Waals surface area contributed by atoms with Gasteiger partial charge in [-0.1, -0.05) is 27.2 Å². The first-order chi connectivity index (χ1) is 6.19. The van der Waals surface area contributed by atoms with Crippen LogP contribution in [-0.2, 0) is 13.0 Å². The maximum absolute atomic E-state index is 5.66. The van der Waals surface area contributed by atoms with E-state index in [0.29, 0.717) is 12.5 Å². The Morgan fingerprint density at radius 1 is 1.46 bits per heavy atom. The molecule has 0 fully saturated rings. The van der Waals surface area contributed by atoms with Gasteiger partial charge in [0.05, 0.1) is 10.7 Å². The Hall–Kier alpha value is -0.410. The SMILES string of the molecule is CCCc1nc(C(C)C)sc1CN. The van der Waals surface area contributed by atoms with Crippen LogP contribution in [0.1, 0.15) is 48.7 Å². The van der Waals surface area contributed by atoms with Crippen LogP contribution in [0.15, 0.2) is 0 Å². The van der Waals surface area contributed by atoms with Crippen LogP contribution in [0.2, 0.25) is 0 Å². The van der Waals surface area contributed by atoms with Crippen molar-refractivity contribution in [2.75, 3.05) is 0 Å². The lowest BCUT2D eigenvalue weighted by Gasteiger charge is -1.96. The predicted octanol–water partition coefficient (Wildman–Crippen LogP) is 2.68. The Kier molecular flexibility index (Phi) is 3.88. The molecule has 0 aliphatic carbocycles. The van der Waals surface area contributed by atoms with Gasteiger partial charge in [0.1, 0.15) is 0 Å². The second-order valence-electron chi connectivity index (χ2n) is 3.53. The lowest BCUT2D eigenvalue weighted by atomic mass is 10.2. The van der Waals surface area contributed by atoms with Crippen LogP contribution in [-0.4, -0.2) is 4.98 Å². The highest BCUT2D eigenvalue weighted by Gasteiger charge is 2.10. The standard InChI is InChI=1S/C10H18N2S/c1-4-5-8-9(6-11)13-10(12-8)7(2)3/h7H,4-6,11H2,1-3H3. The largest absolute Gasteiger partial charge is 0.326 e. The van der Waals surface area contributed by atoms with E-state index < -0.39 is 0 Å². The molecule has 0 spiro atoms. The number of nitrogens with two attached hydrogens (primary N) is 1. The molecule has 0 aromatic carbocycles. The first-order valence-electron chi connectivity index (χ1n) is 4.87. The van der Waals surface area contributed by atoms with E-state index in [-0.39, 0.29) is 0 Å². The zero-order valence-corrected chi connectivity index (χ0v) is 9.45. The Morgan fingerprint density at radius 3 is 2.62 bits per heavy atom. The summed E-state index contributed by atoms with van der Waals surface area (Å²) in [5.74, 6) is 0.529. The van der Waals surface area contributed by atoms with Crippen LogP contribution in [0.5, 0.6) is 0 Å². The maximum atomic E-state index is 5.66. The number of rotatable bonds is 4. The van der Waals surface area contributed by atoms with Crippen molar-refractivity contribution in [3.05, 3.63) is 15.6 Å². The zero-order chi connectivity index (χ0) is 9.84. The monoisotopic (exact) mass is 198 g/mol. The Bertz CT molecular complexity index is 266. The minimum atomic E-state index is 0.529. The van der Waals surface area contributed by atoms with Gasteiger partial charge in [-0.2, -0.15) is 0 Å². The van der Waals surface area contributed by atoms with Gasteiger partial charge < -0.3 is 5.73 Å². The average molecular weight is 198 g/mol. The van der Waals surface area contributed by atoms with Gasteiger partial charge in [0.15, 0.2) is 0 Å². The molecule has 0 aliphatic heterocycles. The summed E-state index contributed by atoms with van der Waals surface area (Å²) in [6.07, 6.45) is 2.21. The Labute approximate surface area is 84.2 Å². The van der Waals surface area contributed by atoms with Gasteiger partial charge in [-0.05, 0) is 6.42 Å². The molecule has 0 saturated heterocycles. The summed E-state index contributed by atoms with van der Waals surface area (Å²) in [4.78, 5) is 5.88. The molecule has 3 heteroatoms. The fourth-order valence-corrected chi connectivity index (χ4v) is 2.23. The Balaban J connectivity index is 2.90. The smallest absolute Gasteiger partial charge is 0.0957 e. The molecule has 0 saturated carbocycles. The van der Waals surface area contributed by atoms with E-state index in [1.165, 1.54) is 15.6 Å². The summed E-state index contributed by atoms with van der Waals surface area (Å²) >= 11 is 1.77. The summed E-state index contributed by atoms with van der Waals surface area (Å²) in [5, 5.41) is 1.23. The van der Waals surface area contributed by atoms with Crippen molar-refractivity contribution in [3.63, 3.8) is 0 Å². The third-order valence-electron chi connectivity index (χ3n) is 1.96. The number of aromatic nitrogens is 1. The van der Waals surface area contributed by atoms with Gasteiger partial charge in [0, 0.05) is 17.3 Å². The predicted molar refractivity (Wildman–Crippen MR) is 58.1 cm³/mol. The average Bonchev–Trinajstić information content (AvgIpc) is 2.48. The van der Waals surface area contributed by atoms with Crippen LogP contribution in [0, 0.1) is 0 Å². The quantitative estimate of drug-likeness (QED) is 0.808. The molecule has 2 N–H and O–H groups in total.